The summed E-state index contributed by atoms with van der Waals surface area (Å²) in [7, 11) is 0. The lowest BCUT2D eigenvalue weighted by Gasteiger charge is -2.26. The van der Waals surface area contributed by atoms with E-state index in [1.54, 1.807) is 23.1 Å². The molecule has 4 rings (SSSR count). The molecule has 0 unspecified atom stereocenters. The van der Waals surface area contributed by atoms with E-state index < -0.39 is 5.97 Å². The molecule has 1 aliphatic rings. The fourth-order valence-electron chi connectivity index (χ4n) is 3.57. The molecule has 1 saturated heterocycles. The monoisotopic (exact) mass is 435 g/mol. The van der Waals surface area contributed by atoms with Crippen LogP contribution in [0, 0.1) is 0 Å². The van der Waals surface area contributed by atoms with E-state index in [-0.39, 0.29) is 19.1 Å². The van der Waals surface area contributed by atoms with Gasteiger partial charge in [0.25, 0.3) is 0 Å². The number of pyridine rings is 1. The van der Waals surface area contributed by atoms with E-state index in [0.717, 1.165) is 36.3 Å². The van der Waals surface area contributed by atoms with Crippen molar-refractivity contribution in [3.63, 3.8) is 0 Å². The van der Waals surface area contributed by atoms with Gasteiger partial charge in [-0.05, 0) is 25.0 Å². The topological polar surface area (TPSA) is 93.4 Å². The molecular formula is C19H19Cl2N5O3. The van der Waals surface area contributed by atoms with Gasteiger partial charge >= 0.3 is 5.97 Å². The lowest BCUT2D eigenvalue weighted by molar-refractivity contribution is -0.138. The van der Waals surface area contributed by atoms with E-state index in [1.807, 2.05) is 12.1 Å². The molecule has 1 atom stereocenters. The van der Waals surface area contributed by atoms with Gasteiger partial charge in [-0.25, -0.2) is 9.67 Å². The highest BCUT2D eigenvalue weighted by molar-refractivity contribution is 6.45. The Balaban J connectivity index is 1.69. The Bertz CT molecular complexity index is 1030. The molecule has 29 heavy (non-hydrogen) atoms. The van der Waals surface area contributed by atoms with Crippen LogP contribution in [0.5, 0.6) is 0 Å². The van der Waals surface area contributed by atoms with Crippen LogP contribution in [0.15, 0.2) is 30.6 Å². The van der Waals surface area contributed by atoms with Crippen molar-refractivity contribution in [2.75, 3.05) is 24.7 Å². The summed E-state index contributed by atoms with van der Waals surface area (Å²) in [6.07, 6.45) is 5.30. The van der Waals surface area contributed by atoms with E-state index in [9.17, 15) is 4.79 Å². The Labute approximate surface area is 177 Å². The van der Waals surface area contributed by atoms with E-state index in [0.29, 0.717) is 22.2 Å². The normalized spacial score (nSPS) is 16.6. The molecule has 0 aliphatic carbocycles. The van der Waals surface area contributed by atoms with Crippen LogP contribution in [0.25, 0.3) is 16.6 Å². The van der Waals surface area contributed by atoms with Crippen LogP contribution in [-0.4, -0.2) is 56.9 Å². The SMILES string of the molecule is O=C(O)CCOC[C@@H]1CCCN1c1cc(-n2ccnn2)c2ccc(Cl)c(Cl)c2n1. The molecule has 152 valence electrons. The number of carboxylic acids is 1. The number of fused-ring (bicyclic) bond motifs is 1. The number of nitrogens with zero attached hydrogens (tertiary/aromatic N) is 5. The molecular weight excluding hydrogens is 417 g/mol. The first-order valence-corrected chi connectivity index (χ1v) is 10.0. The quantitative estimate of drug-likeness (QED) is 0.566. The highest BCUT2D eigenvalue weighted by Crippen LogP contribution is 2.36. The number of hydrogen-bond acceptors (Lipinski definition) is 6. The third-order valence-corrected chi connectivity index (χ3v) is 5.74. The van der Waals surface area contributed by atoms with E-state index in [2.05, 4.69) is 15.2 Å². The number of benzene rings is 1. The van der Waals surface area contributed by atoms with Gasteiger partial charge in [-0.1, -0.05) is 28.4 Å². The summed E-state index contributed by atoms with van der Waals surface area (Å²) in [5.41, 5.74) is 1.40. The Morgan fingerprint density at radius 1 is 1.34 bits per heavy atom. The molecule has 3 aromatic rings. The number of aliphatic carboxylic acids is 1. The molecule has 1 fully saturated rings. The van der Waals surface area contributed by atoms with Gasteiger partial charge in [0.15, 0.2) is 0 Å². The highest BCUT2D eigenvalue weighted by Gasteiger charge is 2.27. The summed E-state index contributed by atoms with van der Waals surface area (Å²) in [6.45, 7) is 1.45. The van der Waals surface area contributed by atoms with E-state index in [1.165, 1.54) is 0 Å². The minimum atomic E-state index is -0.867. The summed E-state index contributed by atoms with van der Waals surface area (Å²) in [4.78, 5) is 17.6. The fraction of sp³-hybridized carbons (Fsp3) is 0.368. The van der Waals surface area contributed by atoms with Gasteiger partial charge in [0.1, 0.15) is 5.82 Å². The number of carboxylic acid groups (broad SMARTS) is 1. The zero-order valence-corrected chi connectivity index (χ0v) is 17.0. The molecule has 0 radical (unpaired) electrons. The summed E-state index contributed by atoms with van der Waals surface area (Å²) < 4.78 is 7.26. The van der Waals surface area contributed by atoms with Crippen LogP contribution >= 0.6 is 23.2 Å². The van der Waals surface area contributed by atoms with Crippen molar-refractivity contribution in [3.8, 4) is 5.69 Å². The molecule has 2 aromatic heterocycles. The van der Waals surface area contributed by atoms with Gasteiger partial charge < -0.3 is 14.7 Å². The van der Waals surface area contributed by atoms with E-state index >= 15 is 0 Å². The molecule has 8 nitrogen and oxygen atoms in total. The van der Waals surface area contributed by atoms with Gasteiger partial charge in [0.05, 0.1) is 59.3 Å². The predicted molar refractivity (Wildman–Crippen MR) is 110 cm³/mol. The van der Waals surface area contributed by atoms with Crippen LogP contribution in [0.4, 0.5) is 5.82 Å². The zero-order chi connectivity index (χ0) is 20.4. The summed E-state index contributed by atoms with van der Waals surface area (Å²) in [5.74, 6) is -0.120. The number of hydrogen-bond donors (Lipinski definition) is 1. The molecule has 0 amide bonds. The third-order valence-electron chi connectivity index (χ3n) is 4.95. The Morgan fingerprint density at radius 3 is 2.97 bits per heavy atom. The summed E-state index contributed by atoms with van der Waals surface area (Å²) >= 11 is 12.7. The Morgan fingerprint density at radius 2 is 2.21 bits per heavy atom. The second-order valence-electron chi connectivity index (χ2n) is 6.81. The van der Waals surface area contributed by atoms with Crippen LogP contribution < -0.4 is 4.90 Å². The summed E-state index contributed by atoms with van der Waals surface area (Å²) in [5, 5.41) is 18.4. The number of ether oxygens (including phenoxy) is 1. The van der Waals surface area contributed by atoms with Crippen molar-refractivity contribution < 1.29 is 14.6 Å². The maximum atomic E-state index is 10.7. The smallest absolute Gasteiger partial charge is 0.305 e. The van der Waals surface area contributed by atoms with Gasteiger partial charge in [0, 0.05) is 18.0 Å². The molecule has 10 heteroatoms. The molecule has 3 heterocycles. The standard InChI is InChI=1S/C19H19Cl2N5O3/c20-14-4-3-13-15(26-8-6-22-24-26)10-16(23-19(13)18(14)21)25-7-1-2-12(25)11-29-9-5-17(27)28/h3-4,6,8,10,12H,1-2,5,7,9,11H2,(H,27,28)/t12-/m0/s1. The van der Waals surface area contributed by atoms with Gasteiger partial charge in [0.2, 0.25) is 0 Å². The van der Waals surface area contributed by atoms with E-state index in [4.69, 9.17) is 38.0 Å². The molecule has 0 saturated carbocycles. The summed E-state index contributed by atoms with van der Waals surface area (Å²) in [6, 6.07) is 5.67. The second-order valence-corrected chi connectivity index (χ2v) is 7.60. The molecule has 1 aliphatic heterocycles. The Hall–Kier alpha value is -2.42. The molecule has 1 aromatic carbocycles. The number of halogens is 2. The van der Waals surface area contributed by atoms with Crippen molar-refractivity contribution >= 4 is 45.9 Å². The minimum absolute atomic E-state index is 0.00843. The molecule has 1 N–H and O–H groups in total. The lowest BCUT2D eigenvalue weighted by Crippen LogP contribution is -2.34. The molecule has 0 spiro atoms. The number of anilines is 1. The van der Waals surface area contributed by atoms with Crippen molar-refractivity contribution in [1.29, 1.82) is 0 Å². The van der Waals surface area contributed by atoms with Crippen molar-refractivity contribution in [1.82, 2.24) is 20.0 Å². The largest absolute Gasteiger partial charge is 0.481 e. The Kier molecular flexibility index (Phi) is 5.84. The average molecular weight is 436 g/mol. The first-order valence-electron chi connectivity index (χ1n) is 9.26. The highest BCUT2D eigenvalue weighted by atomic mass is 35.5. The van der Waals surface area contributed by atoms with Crippen molar-refractivity contribution in [2.45, 2.75) is 25.3 Å². The van der Waals surface area contributed by atoms with Crippen molar-refractivity contribution in [2.24, 2.45) is 0 Å². The first-order chi connectivity index (χ1) is 14.0. The molecule has 0 bridgehead atoms. The average Bonchev–Trinajstić information content (AvgIpc) is 3.39. The third kappa shape index (κ3) is 4.14. The van der Waals surface area contributed by atoms with Gasteiger partial charge in [-0.2, -0.15) is 0 Å². The number of aromatic nitrogens is 4. The van der Waals surface area contributed by atoms with Crippen LogP contribution in [0.3, 0.4) is 0 Å². The van der Waals surface area contributed by atoms with Gasteiger partial charge in [-0.15, -0.1) is 5.10 Å². The first kappa shape index (κ1) is 19.9. The van der Waals surface area contributed by atoms with Crippen LogP contribution in [0.2, 0.25) is 10.0 Å². The predicted octanol–water partition coefficient (Wildman–Crippen LogP) is 3.58. The van der Waals surface area contributed by atoms with Crippen LogP contribution in [-0.2, 0) is 9.53 Å². The second kappa shape index (κ2) is 8.52. The number of carbonyl (C=O) groups is 1. The fourth-order valence-corrected chi connectivity index (χ4v) is 3.93. The maximum Gasteiger partial charge on any atom is 0.305 e. The van der Waals surface area contributed by atoms with Crippen LogP contribution in [0.1, 0.15) is 19.3 Å². The lowest BCUT2D eigenvalue weighted by atomic mass is 10.1. The van der Waals surface area contributed by atoms with Gasteiger partial charge in [-0.3, -0.25) is 4.79 Å². The number of rotatable bonds is 7. The zero-order valence-electron chi connectivity index (χ0n) is 15.5. The maximum absolute atomic E-state index is 10.7. The minimum Gasteiger partial charge on any atom is -0.481 e. The van der Waals surface area contributed by atoms with Crippen molar-refractivity contribution in [3.05, 3.63) is 40.6 Å².